The summed E-state index contributed by atoms with van der Waals surface area (Å²) >= 11 is 0. The molecule has 0 bridgehead atoms. The van der Waals surface area contributed by atoms with Gasteiger partial charge in [0.15, 0.2) is 8.32 Å². The van der Waals surface area contributed by atoms with Crippen molar-refractivity contribution in [3.8, 4) is 11.1 Å². The van der Waals surface area contributed by atoms with Crippen molar-refractivity contribution in [3.63, 3.8) is 0 Å². The van der Waals surface area contributed by atoms with E-state index >= 15 is 0 Å². The van der Waals surface area contributed by atoms with Crippen LogP contribution in [0.25, 0.3) is 11.1 Å². The van der Waals surface area contributed by atoms with Crippen LogP contribution in [0.1, 0.15) is 24.5 Å². The largest absolute Gasteiger partial charge is 0.403 e. The van der Waals surface area contributed by atoms with Crippen LogP contribution in [-0.2, 0) is 10.0 Å². The summed E-state index contributed by atoms with van der Waals surface area (Å²) in [5, 5.41) is 0. The van der Waals surface area contributed by atoms with Gasteiger partial charge in [-0.05, 0) is 41.4 Å². The van der Waals surface area contributed by atoms with E-state index in [0.717, 1.165) is 12.5 Å². The average Bonchev–Trinajstić information content (AvgIpc) is 2.79. The van der Waals surface area contributed by atoms with Gasteiger partial charge in [0, 0.05) is 6.42 Å². The molecule has 1 nitrogen and oxygen atoms in total. The second-order valence-corrected chi connectivity index (χ2v) is 11.1. The first kappa shape index (κ1) is 15.3. The molecule has 2 aromatic carbocycles. The molecule has 22 heavy (non-hydrogen) atoms. The Morgan fingerprint density at radius 1 is 1.00 bits per heavy atom. The normalized spacial score (nSPS) is 15.2. The Balaban J connectivity index is 2.26. The molecule has 0 saturated heterocycles. The van der Waals surface area contributed by atoms with E-state index < -0.39 is 8.32 Å². The van der Waals surface area contributed by atoms with Gasteiger partial charge in [-0.3, -0.25) is 0 Å². The van der Waals surface area contributed by atoms with Crippen LogP contribution in [0.3, 0.4) is 0 Å². The second-order valence-electron chi connectivity index (χ2n) is 6.63. The molecule has 0 atom stereocenters. The molecule has 114 valence electrons. The van der Waals surface area contributed by atoms with Crippen molar-refractivity contribution in [3.05, 3.63) is 72.3 Å². The van der Waals surface area contributed by atoms with Crippen LogP contribution in [0, 0.1) is 0 Å². The molecule has 0 heterocycles. The predicted molar refractivity (Wildman–Crippen MR) is 96.5 cm³/mol. The summed E-state index contributed by atoms with van der Waals surface area (Å²) in [6, 6.07) is 18.4. The predicted octanol–water partition coefficient (Wildman–Crippen LogP) is 5.73. The van der Waals surface area contributed by atoms with Gasteiger partial charge in [-0.1, -0.05) is 61.5 Å². The Bertz CT molecular complexity index is 657. The first-order valence-corrected chi connectivity index (χ1v) is 11.2. The number of hydrogen-bond acceptors (Lipinski definition) is 1. The van der Waals surface area contributed by atoms with Crippen LogP contribution in [0.15, 0.2) is 61.2 Å². The molecule has 0 aromatic heterocycles. The van der Waals surface area contributed by atoms with Gasteiger partial charge in [-0.15, -0.1) is 6.58 Å². The minimum Gasteiger partial charge on any atom is -0.403 e. The maximum absolute atomic E-state index is 6.90. The topological polar surface area (TPSA) is 9.23 Å². The highest BCUT2D eigenvalue weighted by atomic mass is 28.4. The minimum atomic E-state index is -1.74. The third kappa shape index (κ3) is 2.27. The molecular weight excluding hydrogens is 284 g/mol. The SMILES string of the molecule is C=CCC1(O[Si](C)(C)CC)c2ccccc2-c2ccccc21. The molecule has 3 rings (SSSR count). The lowest BCUT2D eigenvalue weighted by atomic mass is 9.88. The van der Waals surface area contributed by atoms with Crippen molar-refractivity contribution < 1.29 is 4.43 Å². The second kappa shape index (κ2) is 5.53. The van der Waals surface area contributed by atoms with Crippen molar-refractivity contribution in [1.29, 1.82) is 0 Å². The third-order valence-electron chi connectivity index (χ3n) is 4.75. The summed E-state index contributed by atoms with van der Waals surface area (Å²) in [7, 11) is -1.74. The summed E-state index contributed by atoms with van der Waals surface area (Å²) in [5.41, 5.74) is 4.85. The van der Waals surface area contributed by atoms with E-state index in [1.807, 2.05) is 6.08 Å². The lowest BCUT2D eigenvalue weighted by Gasteiger charge is -2.38. The fourth-order valence-corrected chi connectivity index (χ4v) is 4.79. The number of hydrogen-bond donors (Lipinski definition) is 0. The molecular formula is C20H24OSi. The number of rotatable bonds is 5. The molecule has 1 aliphatic rings. The van der Waals surface area contributed by atoms with Crippen molar-refractivity contribution in [2.75, 3.05) is 0 Å². The van der Waals surface area contributed by atoms with Crippen LogP contribution in [0.4, 0.5) is 0 Å². The van der Waals surface area contributed by atoms with E-state index in [2.05, 4.69) is 75.1 Å². The van der Waals surface area contributed by atoms with Crippen LogP contribution in [0.2, 0.25) is 19.1 Å². The van der Waals surface area contributed by atoms with E-state index in [0.29, 0.717) is 0 Å². The molecule has 0 radical (unpaired) electrons. The summed E-state index contributed by atoms with van der Waals surface area (Å²) in [4.78, 5) is 0. The minimum absolute atomic E-state index is 0.360. The number of benzene rings is 2. The van der Waals surface area contributed by atoms with E-state index in [1.165, 1.54) is 22.3 Å². The lowest BCUT2D eigenvalue weighted by Crippen LogP contribution is -2.41. The molecule has 0 saturated carbocycles. The first-order valence-electron chi connectivity index (χ1n) is 8.04. The highest BCUT2D eigenvalue weighted by Crippen LogP contribution is 2.52. The summed E-state index contributed by atoms with van der Waals surface area (Å²) in [6.07, 6.45) is 2.82. The molecule has 0 N–H and O–H groups in total. The Kier molecular flexibility index (Phi) is 3.83. The van der Waals surface area contributed by atoms with Crippen LogP contribution >= 0.6 is 0 Å². The first-order chi connectivity index (χ1) is 10.5. The maximum atomic E-state index is 6.90. The zero-order valence-electron chi connectivity index (χ0n) is 13.7. The van der Waals surface area contributed by atoms with Gasteiger partial charge in [0.05, 0.1) is 0 Å². The quantitative estimate of drug-likeness (QED) is 0.506. The molecule has 0 unspecified atom stereocenters. The van der Waals surface area contributed by atoms with Gasteiger partial charge in [0.1, 0.15) is 5.60 Å². The molecule has 0 aliphatic heterocycles. The number of fused-ring (bicyclic) bond motifs is 3. The van der Waals surface area contributed by atoms with Gasteiger partial charge in [-0.25, -0.2) is 0 Å². The Hall–Kier alpha value is -1.64. The Morgan fingerprint density at radius 3 is 1.95 bits per heavy atom. The van der Waals surface area contributed by atoms with Crippen molar-refractivity contribution >= 4 is 8.32 Å². The molecule has 2 heteroatoms. The smallest absolute Gasteiger partial charge is 0.188 e. The summed E-state index contributed by atoms with van der Waals surface area (Å²) < 4.78 is 6.90. The molecule has 0 amide bonds. The fourth-order valence-electron chi connectivity index (χ4n) is 3.40. The van der Waals surface area contributed by atoms with E-state index in [1.54, 1.807) is 0 Å². The van der Waals surface area contributed by atoms with Crippen molar-refractivity contribution in [2.24, 2.45) is 0 Å². The molecule has 0 fully saturated rings. The van der Waals surface area contributed by atoms with Crippen molar-refractivity contribution in [2.45, 2.75) is 38.1 Å². The summed E-state index contributed by atoms with van der Waals surface area (Å²) in [5.74, 6) is 0. The van der Waals surface area contributed by atoms with Crippen LogP contribution in [-0.4, -0.2) is 8.32 Å². The van der Waals surface area contributed by atoms with E-state index in [9.17, 15) is 0 Å². The van der Waals surface area contributed by atoms with Gasteiger partial charge in [0.2, 0.25) is 0 Å². The third-order valence-corrected chi connectivity index (χ3v) is 7.35. The lowest BCUT2D eigenvalue weighted by molar-refractivity contribution is 0.108. The Labute approximate surface area is 134 Å². The average molecular weight is 308 g/mol. The van der Waals surface area contributed by atoms with Gasteiger partial charge >= 0.3 is 0 Å². The molecule has 2 aromatic rings. The maximum Gasteiger partial charge on any atom is 0.188 e. The van der Waals surface area contributed by atoms with Crippen LogP contribution in [0.5, 0.6) is 0 Å². The van der Waals surface area contributed by atoms with E-state index in [4.69, 9.17) is 4.43 Å². The fraction of sp³-hybridized carbons (Fsp3) is 0.300. The van der Waals surface area contributed by atoms with Gasteiger partial charge in [0.25, 0.3) is 0 Å². The Morgan fingerprint density at radius 2 is 1.50 bits per heavy atom. The summed E-state index contributed by atoms with van der Waals surface area (Å²) in [6.45, 7) is 10.9. The van der Waals surface area contributed by atoms with E-state index in [-0.39, 0.29) is 5.60 Å². The molecule has 1 aliphatic carbocycles. The van der Waals surface area contributed by atoms with Crippen LogP contribution < -0.4 is 0 Å². The molecule has 0 spiro atoms. The zero-order chi connectivity index (χ0) is 15.8. The van der Waals surface area contributed by atoms with Gasteiger partial charge < -0.3 is 4.43 Å². The highest BCUT2D eigenvalue weighted by Gasteiger charge is 2.46. The monoisotopic (exact) mass is 308 g/mol. The van der Waals surface area contributed by atoms with Crippen molar-refractivity contribution in [1.82, 2.24) is 0 Å². The highest BCUT2D eigenvalue weighted by molar-refractivity contribution is 6.71. The zero-order valence-corrected chi connectivity index (χ0v) is 14.7. The standard InChI is InChI=1S/C20H24OSi/c1-5-15-20(21-22(3,4)6-2)18-13-9-7-11-16(18)17-12-8-10-14-19(17)20/h5,7-14H,1,6,15H2,2-4H3. The van der Waals surface area contributed by atoms with Gasteiger partial charge in [-0.2, -0.15) is 0 Å².